The highest BCUT2D eigenvalue weighted by Gasteiger charge is 2.10. The summed E-state index contributed by atoms with van der Waals surface area (Å²) >= 11 is 7.61. The minimum absolute atomic E-state index is 0.198. The van der Waals surface area contributed by atoms with Gasteiger partial charge in [0.1, 0.15) is 5.75 Å². The first-order chi connectivity index (χ1) is 11.7. The number of ether oxygens (including phenoxy) is 1. The number of carbonyl (C=O) groups excluding carboxylic acids is 1. The van der Waals surface area contributed by atoms with Gasteiger partial charge in [-0.15, -0.1) is 11.3 Å². The lowest BCUT2D eigenvalue weighted by molar-refractivity contribution is 0.102. The molecule has 0 aliphatic rings. The third kappa shape index (κ3) is 3.93. The molecule has 0 aliphatic heterocycles. The molecule has 0 aliphatic carbocycles. The number of nitrogens with zero attached hydrogens (tertiary/aromatic N) is 1. The number of methoxy groups -OCH3 is 1. The van der Waals surface area contributed by atoms with Crippen molar-refractivity contribution in [1.29, 1.82) is 0 Å². The lowest BCUT2D eigenvalue weighted by atomic mass is 10.1. The SMILES string of the molecule is COc1ccc(C(=O)Nc2ncc(Cc3ccccc3Cl)s2)cc1. The zero-order valence-corrected chi connectivity index (χ0v) is 14.5. The maximum absolute atomic E-state index is 12.2. The summed E-state index contributed by atoms with van der Waals surface area (Å²) in [5.41, 5.74) is 1.59. The van der Waals surface area contributed by atoms with Gasteiger partial charge in [0.25, 0.3) is 5.91 Å². The highest BCUT2D eigenvalue weighted by atomic mass is 35.5. The summed E-state index contributed by atoms with van der Waals surface area (Å²) in [5.74, 6) is 0.513. The van der Waals surface area contributed by atoms with Gasteiger partial charge in [-0.05, 0) is 35.9 Å². The van der Waals surface area contributed by atoms with Gasteiger partial charge >= 0.3 is 0 Å². The molecule has 1 N–H and O–H groups in total. The molecule has 3 rings (SSSR count). The van der Waals surface area contributed by atoms with E-state index in [1.165, 1.54) is 11.3 Å². The van der Waals surface area contributed by atoms with Crippen molar-refractivity contribution in [1.82, 2.24) is 4.98 Å². The Morgan fingerprint density at radius 2 is 1.96 bits per heavy atom. The second-order valence-corrected chi connectivity index (χ2v) is 6.60. The molecule has 24 heavy (non-hydrogen) atoms. The first kappa shape index (κ1) is 16.5. The number of amides is 1. The van der Waals surface area contributed by atoms with Crippen molar-refractivity contribution in [3.05, 3.63) is 75.8 Å². The van der Waals surface area contributed by atoms with E-state index in [9.17, 15) is 4.79 Å². The average molecular weight is 359 g/mol. The maximum Gasteiger partial charge on any atom is 0.257 e. The average Bonchev–Trinajstić information content (AvgIpc) is 3.04. The largest absolute Gasteiger partial charge is 0.497 e. The molecule has 0 spiro atoms. The summed E-state index contributed by atoms with van der Waals surface area (Å²) in [5, 5.41) is 4.11. The molecule has 1 amide bonds. The van der Waals surface area contributed by atoms with Crippen molar-refractivity contribution in [3.63, 3.8) is 0 Å². The number of anilines is 1. The molecule has 1 heterocycles. The van der Waals surface area contributed by atoms with Crippen LogP contribution in [0.15, 0.2) is 54.7 Å². The van der Waals surface area contributed by atoms with Crippen LogP contribution in [0.25, 0.3) is 0 Å². The number of benzene rings is 2. The molecule has 0 bridgehead atoms. The number of thiazole rings is 1. The number of hydrogen-bond donors (Lipinski definition) is 1. The van der Waals surface area contributed by atoms with E-state index < -0.39 is 0 Å². The van der Waals surface area contributed by atoms with Crippen LogP contribution >= 0.6 is 22.9 Å². The summed E-state index contributed by atoms with van der Waals surface area (Å²) < 4.78 is 5.08. The third-order valence-corrected chi connectivity index (χ3v) is 4.73. The van der Waals surface area contributed by atoms with Gasteiger partial charge in [-0.2, -0.15) is 0 Å². The molecular weight excluding hydrogens is 344 g/mol. The van der Waals surface area contributed by atoms with Gasteiger partial charge in [0, 0.05) is 28.1 Å². The number of aromatic nitrogens is 1. The normalized spacial score (nSPS) is 10.4. The lowest BCUT2D eigenvalue weighted by Crippen LogP contribution is -2.11. The Balaban J connectivity index is 1.67. The molecule has 4 nitrogen and oxygen atoms in total. The van der Waals surface area contributed by atoms with Crippen LogP contribution in [0.4, 0.5) is 5.13 Å². The van der Waals surface area contributed by atoms with E-state index in [1.54, 1.807) is 37.6 Å². The molecule has 0 atom stereocenters. The van der Waals surface area contributed by atoms with Gasteiger partial charge in [0.2, 0.25) is 0 Å². The van der Waals surface area contributed by atoms with E-state index in [0.717, 1.165) is 15.5 Å². The van der Waals surface area contributed by atoms with E-state index in [0.29, 0.717) is 22.9 Å². The molecule has 0 fully saturated rings. The van der Waals surface area contributed by atoms with Crippen molar-refractivity contribution in [3.8, 4) is 5.75 Å². The van der Waals surface area contributed by atoms with Crippen LogP contribution < -0.4 is 10.1 Å². The monoisotopic (exact) mass is 358 g/mol. The highest BCUT2D eigenvalue weighted by molar-refractivity contribution is 7.15. The van der Waals surface area contributed by atoms with Gasteiger partial charge in [-0.25, -0.2) is 4.98 Å². The van der Waals surface area contributed by atoms with Gasteiger partial charge < -0.3 is 4.74 Å². The van der Waals surface area contributed by atoms with E-state index >= 15 is 0 Å². The molecule has 6 heteroatoms. The summed E-state index contributed by atoms with van der Waals surface area (Å²) in [6.07, 6.45) is 2.45. The van der Waals surface area contributed by atoms with E-state index in [1.807, 2.05) is 24.3 Å². The summed E-state index contributed by atoms with van der Waals surface area (Å²) in [6.45, 7) is 0. The van der Waals surface area contributed by atoms with Crippen LogP contribution in [-0.2, 0) is 6.42 Å². The standard InChI is InChI=1S/C18H15ClN2O2S/c1-23-14-8-6-12(7-9-14)17(22)21-18-20-11-15(24-18)10-13-4-2-3-5-16(13)19/h2-9,11H,10H2,1H3,(H,20,21,22). The number of carbonyl (C=O) groups is 1. The Hall–Kier alpha value is -2.37. The van der Waals surface area contributed by atoms with Crippen LogP contribution in [0, 0.1) is 0 Å². The summed E-state index contributed by atoms with van der Waals surface area (Å²) in [4.78, 5) is 17.5. The fourth-order valence-corrected chi connectivity index (χ4v) is 3.22. The second-order valence-electron chi connectivity index (χ2n) is 5.08. The van der Waals surface area contributed by atoms with Crippen molar-refractivity contribution in [2.45, 2.75) is 6.42 Å². The first-order valence-electron chi connectivity index (χ1n) is 7.29. The lowest BCUT2D eigenvalue weighted by Gasteiger charge is -2.03. The Labute approximate surface area is 149 Å². The van der Waals surface area contributed by atoms with Crippen LogP contribution in [0.2, 0.25) is 5.02 Å². The van der Waals surface area contributed by atoms with Gasteiger partial charge in [-0.3, -0.25) is 10.1 Å². The molecule has 0 unspecified atom stereocenters. The number of hydrogen-bond acceptors (Lipinski definition) is 4. The van der Waals surface area contributed by atoms with Crippen molar-refractivity contribution < 1.29 is 9.53 Å². The predicted octanol–water partition coefficient (Wildman–Crippen LogP) is 4.65. The third-order valence-electron chi connectivity index (χ3n) is 3.45. The summed E-state index contributed by atoms with van der Waals surface area (Å²) in [7, 11) is 1.59. The zero-order chi connectivity index (χ0) is 16.9. The Bertz CT molecular complexity index is 846. The molecular formula is C18H15ClN2O2S. The molecule has 122 valence electrons. The second kappa shape index (κ2) is 7.47. The molecule has 2 aromatic carbocycles. The Morgan fingerprint density at radius 1 is 1.21 bits per heavy atom. The topological polar surface area (TPSA) is 51.2 Å². The Kier molecular flexibility index (Phi) is 5.13. The quantitative estimate of drug-likeness (QED) is 0.722. The van der Waals surface area contributed by atoms with E-state index in [-0.39, 0.29) is 5.91 Å². The fourth-order valence-electron chi connectivity index (χ4n) is 2.19. The number of rotatable bonds is 5. The maximum atomic E-state index is 12.2. The van der Waals surface area contributed by atoms with Crippen molar-refractivity contribution in [2.75, 3.05) is 12.4 Å². The number of halogens is 1. The van der Waals surface area contributed by atoms with Crippen molar-refractivity contribution in [2.24, 2.45) is 0 Å². The van der Waals surface area contributed by atoms with E-state index in [2.05, 4.69) is 10.3 Å². The highest BCUT2D eigenvalue weighted by Crippen LogP contribution is 2.25. The van der Waals surface area contributed by atoms with Gasteiger partial charge in [0.15, 0.2) is 5.13 Å². The predicted molar refractivity (Wildman–Crippen MR) is 97.3 cm³/mol. The van der Waals surface area contributed by atoms with Gasteiger partial charge in [-0.1, -0.05) is 29.8 Å². The molecule has 0 radical (unpaired) electrons. The minimum atomic E-state index is -0.198. The van der Waals surface area contributed by atoms with Crippen LogP contribution in [0.3, 0.4) is 0 Å². The minimum Gasteiger partial charge on any atom is -0.497 e. The summed E-state index contributed by atoms with van der Waals surface area (Å²) in [6, 6.07) is 14.6. The Morgan fingerprint density at radius 3 is 2.67 bits per heavy atom. The smallest absolute Gasteiger partial charge is 0.257 e. The molecule has 3 aromatic rings. The zero-order valence-electron chi connectivity index (χ0n) is 13.0. The fraction of sp³-hybridized carbons (Fsp3) is 0.111. The van der Waals surface area contributed by atoms with Gasteiger partial charge in [0.05, 0.1) is 7.11 Å². The molecule has 0 saturated heterocycles. The van der Waals surface area contributed by atoms with Crippen LogP contribution in [-0.4, -0.2) is 18.0 Å². The molecule has 1 aromatic heterocycles. The van der Waals surface area contributed by atoms with E-state index in [4.69, 9.17) is 16.3 Å². The van der Waals surface area contributed by atoms with Crippen LogP contribution in [0.5, 0.6) is 5.75 Å². The van der Waals surface area contributed by atoms with Crippen LogP contribution in [0.1, 0.15) is 20.8 Å². The van der Waals surface area contributed by atoms with Crippen molar-refractivity contribution >= 4 is 34.0 Å². The molecule has 0 saturated carbocycles. The number of nitrogens with one attached hydrogen (secondary N) is 1. The first-order valence-corrected chi connectivity index (χ1v) is 8.48.